The van der Waals surface area contributed by atoms with E-state index in [1.807, 2.05) is 41.2 Å². The number of aromatic nitrogens is 1. The van der Waals surface area contributed by atoms with Gasteiger partial charge in [0.05, 0.1) is 6.54 Å². The SMILES string of the molecule is O=C(NCCN1CCOC1=O)c1ccc(-n2cccc2)cc1. The van der Waals surface area contributed by atoms with E-state index in [2.05, 4.69) is 5.32 Å². The van der Waals surface area contributed by atoms with Gasteiger partial charge in [0, 0.05) is 36.7 Å². The van der Waals surface area contributed by atoms with Gasteiger partial charge < -0.3 is 19.5 Å². The monoisotopic (exact) mass is 299 g/mol. The number of amides is 2. The van der Waals surface area contributed by atoms with Crippen molar-refractivity contribution in [3.05, 3.63) is 54.4 Å². The number of nitrogens with zero attached hydrogens (tertiary/aromatic N) is 2. The third-order valence-electron chi connectivity index (χ3n) is 3.54. The van der Waals surface area contributed by atoms with Crippen LogP contribution in [0.2, 0.25) is 0 Å². The molecule has 3 rings (SSSR count). The number of hydrogen-bond donors (Lipinski definition) is 1. The van der Waals surface area contributed by atoms with E-state index in [-0.39, 0.29) is 12.0 Å². The highest BCUT2D eigenvalue weighted by atomic mass is 16.6. The second-order valence-corrected chi connectivity index (χ2v) is 4.99. The third kappa shape index (κ3) is 3.11. The van der Waals surface area contributed by atoms with Crippen LogP contribution in [0, 0.1) is 0 Å². The predicted molar refractivity (Wildman–Crippen MR) is 81.0 cm³/mol. The maximum atomic E-state index is 12.0. The molecule has 114 valence electrons. The molecule has 0 unspecified atom stereocenters. The first-order valence-electron chi connectivity index (χ1n) is 7.17. The predicted octanol–water partition coefficient (Wildman–Crippen LogP) is 1.66. The minimum absolute atomic E-state index is 0.147. The van der Waals surface area contributed by atoms with E-state index < -0.39 is 0 Å². The Labute approximate surface area is 128 Å². The molecule has 0 atom stereocenters. The Hall–Kier alpha value is -2.76. The first-order chi connectivity index (χ1) is 10.7. The number of hydrogen-bond acceptors (Lipinski definition) is 3. The van der Waals surface area contributed by atoms with Gasteiger partial charge in [0.25, 0.3) is 5.91 Å². The molecule has 0 bridgehead atoms. The van der Waals surface area contributed by atoms with Gasteiger partial charge in [0.2, 0.25) is 0 Å². The van der Waals surface area contributed by atoms with Gasteiger partial charge in [-0.25, -0.2) is 4.79 Å². The molecule has 1 saturated heterocycles. The van der Waals surface area contributed by atoms with Crippen molar-refractivity contribution in [1.29, 1.82) is 0 Å². The van der Waals surface area contributed by atoms with E-state index in [4.69, 9.17) is 4.74 Å². The fraction of sp³-hybridized carbons (Fsp3) is 0.250. The average Bonchev–Trinajstić information content (AvgIpc) is 3.20. The Morgan fingerprint density at radius 1 is 1.18 bits per heavy atom. The van der Waals surface area contributed by atoms with Crippen molar-refractivity contribution in [2.75, 3.05) is 26.2 Å². The largest absolute Gasteiger partial charge is 0.448 e. The van der Waals surface area contributed by atoms with Crippen LogP contribution in [0.3, 0.4) is 0 Å². The summed E-state index contributed by atoms with van der Waals surface area (Å²) in [6, 6.07) is 11.3. The minimum Gasteiger partial charge on any atom is -0.448 e. The van der Waals surface area contributed by atoms with Crippen molar-refractivity contribution in [2.24, 2.45) is 0 Å². The van der Waals surface area contributed by atoms with Crippen molar-refractivity contribution in [3.63, 3.8) is 0 Å². The lowest BCUT2D eigenvalue weighted by atomic mass is 10.2. The highest BCUT2D eigenvalue weighted by molar-refractivity contribution is 5.94. The number of cyclic esters (lactones) is 1. The maximum Gasteiger partial charge on any atom is 0.409 e. The number of rotatable bonds is 5. The number of nitrogens with one attached hydrogen (secondary N) is 1. The number of carbonyl (C=O) groups excluding carboxylic acids is 2. The van der Waals surface area contributed by atoms with Crippen molar-refractivity contribution in [1.82, 2.24) is 14.8 Å². The van der Waals surface area contributed by atoms with E-state index in [0.29, 0.717) is 31.8 Å². The van der Waals surface area contributed by atoms with Gasteiger partial charge in [0.1, 0.15) is 6.61 Å². The summed E-state index contributed by atoms with van der Waals surface area (Å²) in [6.07, 6.45) is 3.58. The summed E-state index contributed by atoms with van der Waals surface area (Å²) in [5.41, 5.74) is 1.60. The van der Waals surface area contributed by atoms with Gasteiger partial charge in [-0.1, -0.05) is 0 Å². The fourth-order valence-corrected chi connectivity index (χ4v) is 2.33. The molecule has 2 aromatic rings. The van der Waals surface area contributed by atoms with Crippen LogP contribution in [0.25, 0.3) is 5.69 Å². The lowest BCUT2D eigenvalue weighted by molar-refractivity contribution is 0.0949. The van der Waals surface area contributed by atoms with Gasteiger partial charge in [-0.05, 0) is 36.4 Å². The molecule has 0 radical (unpaired) electrons. The lowest BCUT2D eigenvalue weighted by Gasteiger charge is -2.13. The normalized spacial score (nSPS) is 14.0. The third-order valence-corrected chi connectivity index (χ3v) is 3.54. The zero-order valence-corrected chi connectivity index (χ0v) is 12.1. The molecule has 1 aliphatic heterocycles. The van der Waals surface area contributed by atoms with Crippen molar-refractivity contribution in [3.8, 4) is 5.69 Å². The highest BCUT2D eigenvalue weighted by Crippen LogP contribution is 2.10. The second-order valence-electron chi connectivity index (χ2n) is 4.99. The van der Waals surface area contributed by atoms with E-state index in [9.17, 15) is 9.59 Å². The van der Waals surface area contributed by atoms with Gasteiger partial charge in [-0.3, -0.25) is 4.79 Å². The summed E-state index contributed by atoms with van der Waals surface area (Å²) in [4.78, 5) is 24.9. The van der Waals surface area contributed by atoms with Crippen LogP contribution in [-0.2, 0) is 4.74 Å². The van der Waals surface area contributed by atoms with Gasteiger partial charge in [-0.15, -0.1) is 0 Å². The summed E-state index contributed by atoms with van der Waals surface area (Å²) < 4.78 is 6.80. The molecule has 0 saturated carbocycles. The van der Waals surface area contributed by atoms with Gasteiger partial charge >= 0.3 is 6.09 Å². The molecule has 2 heterocycles. The van der Waals surface area contributed by atoms with Crippen LogP contribution in [0.4, 0.5) is 4.79 Å². The van der Waals surface area contributed by atoms with Gasteiger partial charge in [-0.2, -0.15) is 0 Å². The van der Waals surface area contributed by atoms with E-state index in [1.54, 1.807) is 17.0 Å². The highest BCUT2D eigenvalue weighted by Gasteiger charge is 2.21. The van der Waals surface area contributed by atoms with Crippen LogP contribution in [0.15, 0.2) is 48.8 Å². The van der Waals surface area contributed by atoms with Crippen LogP contribution in [0.1, 0.15) is 10.4 Å². The Morgan fingerprint density at radius 3 is 2.55 bits per heavy atom. The molecule has 1 fully saturated rings. The molecule has 1 aromatic carbocycles. The topological polar surface area (TPSA) is 63.6 Å². The number of carbonyl (C=O) groups is 2. The minimum atomic E-state index is -0.315. The molecule has 0 aliphatic carbocycles. The number of ether oxygens (including phenoxy) is 1. The molecule has 2 amide bonds. The Bertz CT molecular complexity index is 650. The first kappa shape index (κ1) is 14.2. The van der Waals surface area contributed by atoms with E-state index in [0.717, 1.165) is 5.69 Å². The molecule has 1 aromatic heterocycles. The van der Waals surface area contributed by atoms with E-state index >= 15 is 0 Å². The van der Waals surface area contributed by atoms with Crippen LogP contribution >= 0.6 is 0 Å². The summed E-state index contributed by atoms with van der Waals surface area (Å²) in [7, 11) is 0. The van der Waals surface area contributed by atoms with Crippen LogP contribution in [0.5, 0.6) is 0 Å². The summed E-state index contributed by atoms with van der Waals surface area (Å²) in [5, 5.41) is 2.81. The van der Waals surface area contributed by atoms with Crippen molar-refractivity contribution < 1.29 is 14.3 Å². The summed E-state index contributed by atoms with van der Waals surface area (Å²) >= 11 is 0. The zero-order valence-electron chi connectivity index (χ0n) is 12.1. The maximum absolute atomic E-state index is 12.0. The van der Waals surface area contributed by atoms with Crippen molar-refractivity contribution >= 4 is 12.0 Å². The Balaban J connectivity index is 1.53. The second kappa shape index (κ2) is 6.34. The smallest absolute Gasteiger partial charge is 0.409 e. The molecule has 1 aliphatic rings. The molecule has 6 nitrogen and oxygen atoms in total. The summed E-state index contributed by atoms with van der Waals surface area (Å²) in [6.45, 7) is 1.88. The Morgan fingerprint density at radius 2 is 1.91 bits per heavy atom. The molecule has 0 spiro atoms. The molecule has 6 heteroatoms. The zero-order chi connectivity index (χ0) is 15.4. The first-order valence-corrected chi connectivity index (χ1v) is 7.17. The van der Waals surface area contributed by atoms with Crippen molar-refractivity contribution in [2.45, 2.75) is 0 Å². The molecular formula is C16H17N3O3. The van der Waals surface area contributed by atoms with Crippen LogP contribution < -0.4 is 5.32 Å². The standard InChI is InChI=1S/C16H17N3O3/c20-15(17-7-10-19-11-12-22-16(19)21)13-3-5-14(6-4-13)18-8-1-2-9-18/h1-6,8-9H,7,10-12H2,(H,17,20). The van der Waals surface area contributed by atoms with E-state index in [1.165, 1.54) is 0 Å². The lowest BCUT2D eigenvalue weighted by Crippen LogP contribution is -2.35. The van der Waals surface area contributed by atoms with Crippen LogP contribution in [-0.4, -0.2) is 47.7 Å². The number of benzene rings is 1. The molecule has 1 N–H and O–H groups in total. The fourth-order valence-electron chi connectivity index (χ4n) is 2.33. The average molecular weight is 299 g/mol. The summed E-state index contributed by atoms with van der Waals surface area (Å²) in [5.74, 6) is -0.147. The quantitative estimate of drug-likeness (QED) is 0.913. The Kier molecular flexibility index (Phi) is 4.09. The molecule has 22 heavy (non-hydrogen) atoms. The van der Waals surface area contributed by atoms with Gasteiger partial charge in [0.15, 0.2) is 0 Å². The molecular weight excluding hydrogens is 282 g/mol.